The Morgan fingerprint density at radius 3 is 2.52 bits per heavy atom. The van der Waals surface area contributed by atoms with E-state index in [1.165, 1.54) is 0 Å². The van der Waals surface area contributed by atoms with Crippen molar-refractivity contribution < 1.29 is 13.9 Å². The standard InChI is InChI=1S/C24H23N3O3S/c1-15-12-19(13-21(23(15)29-3)24(28)31-4)20(18-10-8-17(14-25)9-11-18)6-5-7-22-27-26-16(2)30-22/h6,8-13H,5,7H2,1-4H3. The molecule has 2 aromatic carbocycles. The largest absolute Gasteiger partial charge is 0.496 e. The highest BCUT2D eigenvalue weighted by Crippen LogP contribution is 2.33. The van der Waals surface area contributed by atoms with E-state index in [0.29, 0.717) is 41.5 Å². The molecule has 0 radical (unpaired) electrons. The first-order chi connectivity index (χ1) is 15.0. The maximum Gasteiger partial charge on any atom is 0.222 e. The fourth-order valence-corrected chi connectivity index (χ4v) is 3.74. The maximum atomic E-state index is 12.5. The number of nitriles is 1. The first-order valence-electron chi connectivity index (χ1n) is 9.73. The fourth-order valence-electron chi connectivity index (χ4n) is 3.37. The number of benzene rings is 2. The van der Waals surface area contributed by atoms with E-state index in [1.54, 1.807) is 32.4 Å². The Morgan fingerprint density at radius 1 is 1.19 bits per heavy atom. The Labute approximate surface area is 185 Å². The third kappa shape index (κ3) is 5.22. The third-order valence-electron chi connectivity index (χ3n) is 4.79. The second-order valence-electron chi connectivity index (χ2n) is 6.93. The van der Waals surface area contributed by atoms with E-state index in [0.717, 1.165) is 34.0 Å². The molecule has 0 aliphatic carbocycles. The highest BCUT2D eigenvalue weighted by molar-refractivity contribution is 8.13. The topological polar surface area (TPSA) is 89.0 Å². The summed E-state index contributed by atoms with van der Waals surface area (Å²) in [6.07, 6.45) is 5.13. The number of aryl methyl sites for hydroxylation is 3. The van der Waals surface area contributed by atoms with Crippen LogP contribution in [0.5, 0.6) is 5.75 Å². The van der Waals surface area contributed by atoms with Gasteiger partial charge in [0.2, 0.25) is 16.9 Å². The fraction of sp³-hybridized carbons (Fsp3) is 0.250. The Balaban J connectivity index is 2.06. The number of carbonyl (C=O) groups is 1. The molecule has 0 bridgehead atoms. The van der Waals surface area contributed by atoms with Crippen molar-refractivity contribution in [2.24, 2.45) is 0 Å². The number of aromatic nitrogens is 2. The molecule has 0 atom stereocenters. The summed E-state index contributed by atoms with van der Waals surface area (Å²) < 4.78 is 11.0. The number of hydrogen-bond acceptors (Lipinski definition) is 7. The van der Waals surface area contributed by atoms with Crippen LogP contribution in [0.1, 0.15) is 50.8 Å². The van der Waals surface area contributed by atoms with E-state index in [-0.39, 0.29) is 5.12 Å². The molecule has 1 aromatic heterocycles. The number of methoxy groups -OCH3 is 1. The molecule has 3 rings (SSSR count). The molecule has 0 N–H and O–H groups in total. The number of hydrogen-bond donors (Lipinski definition) is 0. The molecule has 0 saturated carbocycles. The molecule has 6 nitrogen and oxygen atoms in total. The van der Waals surface area contributed by atoms with E-state index >= 15 is 0 Å². The monoisotopic (exact) mass is 433 g/mol. The van der Waals surface area contributed by atoms with Crippen molar-refractivity contribution >= 4 is 22.5 Å². The Morgan fingerprint density at radius 2 is 1.94 bits per heavy atom. The summed E-state index contributed by atoms with van der Waals surface area (Å²) in [5.41, 5.74) is 4.83. The summed E-state index contributed by atoms with van der Waals surface area (Å²) in [7, 11) is 1.57. The van der Waals surface area contributed by atoms with Crippen molar-refractivity contribution in [1.29, 1.82) is 5.26 Å². The summed E-state index contributed by atoms with van der Waals surface area (Å²) in [5, 5.41) is 17.0. The minimum atomic E-state index is -0.0534. The zero-order valence-electron chi connectivity index (χ0n) is 17.9. The Bertz CT molecular complexity index is 1160. The first-order valence-corrected chi connectivity index (χ1v) is 11.0. The van der Waals surface area contributed by atoms with Crippen LogP contribution in [-0.2, 0) is 6.42 Å². The number of allylic oxidation sites excluding steroid dienone is 1. The number of ether oxygens (including phenoxy) is 1. The van der Waals surface area contributed by atoms with E-state index < -0.39 is 0 Å². The summed E-state index contributed by atoms with van der Waals surface area (Å²) in [4.78, 5) is 12.5. The average Bonchev–Trinajstić information content (AvgIpc) is 3.20. The first kappa shape index (κ1) is 22.3. The zero-order valence-corrected chi connectivity index (χ0v) is 18.7. The number of rotatable bonds is 7. The SMILES string of the molecule is COc1c(C)cc(C(=CCCc2nnc(C)o2)c2ccc(C#N)cc2)cc1C(=O)SC. The molecule has 0 aliphatic rings. The van der Waals surface area contributed by atoms with Crippen molar-refractivity contribution in [3.63, 3.8) is 0 Å². The summed E-state index contributed by atoms with van der Waals surface area (Å²) >= 11 is 1.15. The van der Waals surface area contributed by atoms with Crippen LogP contribution in [-0.4, -0.2) is 28.7 Å². The Hall–Kier alpha value is -3.37. The van der Waals surface area contributed by atoms with E-state index in [1.807, 2.05) is 31.2 Å². The molecule has 3 aromatic rings. The third-order valence-corrected chi connectivity index (χ3v) is 5.39. The van der Waals surface area contributed by atoms with Crippen LogP contribution in [0.2, 0.25) is 0 Å². The van der Waals surface area contributed by atoms with E-state index in [4.69, 9.17) is 14.4 Å². The summed E-state index contributed by atoms with van der Waals surface area (Å²) in [6, 6.07) is 13.4. The smallest absolute Gasteiger partial charge is 0.222 e. The van der Waals surface area contributed by atoms with Crippen LogP contribution in [0.15, 0.2) is 46.9 Å². The van der Waals surface area contributed by atoms with Crippen LogP contribution >= 0.6 is 11.8 Å². The van der Waals surface area contributed by atoms with Gasteiger partial charge in [-0.2, -0.15) is 5.26 Å². The predicted octanol–water partition coefficient (Wildman–Crippen LogP) is 5.13. The van der Waals surface area contributed by atoms with E-state index in [9.17, 15) is 4.79 Å². The van der Waals surface area contributed by atoms with Crippen molar-refractivity contribution in [2.45, 2.75) is 26.7 Å². The lowest BCUT2D eigenvalue weighted by atomic mass is 9.92. The quantitative estimate of drug-likeness (QED) is 0.510. The molecule has 0 unspecified atom stereocenters. The van der Waals surface area contributed by atoms with Crippen molar-refractivity contribution in [2.75, 3.05) is 13.4 Å². The molecule has 7 heteroatoms. The van der Waals surface area contributed by atoms with E-state index in [2.05, 4.69) is 22.3 Å². The van der Waals surface area contributed by atoms with Gasteiger partial charge in [0.05, 0.1) is 24.3 Å². The molecule has 0 aliphatic heterocycles. The van der Waals surface area contributed by atoms with Crippen LogP contribution in [0.4, 0.5) is 0 Å². The molecular formula is C24H23N3O3S. The second kappa shape index (κ2) is 10.1. The summed E-state index contributed by atoms with van der Waals surface area (Å²) in [6.45, 7) is 3.69. The number of carbonyl (C=O) groups excluding carboxylic acids is 1. The van der Waals surface area contributed by atoms with Crippen molar-refractivity contribution in [1.82, 2.24) is 10.2 Å². The van der Waals surface area contributed by atoms with Gasteiger partial charge in [0, 0.05) is 13.3 Å². The van der Waals surface area contributed by atoms with Crippen LogP contribution in [0.3, 0.4) is 0 Å². The molecule has 0 saturated heterocycles. The molecule has 1 heterocycles. The maximum absolute atomic E-state index is 12.5. The summed E-state index contributed by atoms with van der Waals surface area (Å²) in [5.74, 6) is 1.71. The van der Waals surface area contributed by atoms with Gasteiger partial charge in [-0.25, -0.2) is 0 Å². The average molecular weight is 434 g/mol. The molecule has 0 fully saturated rings. The van der Waals surface area contributed by atoms with Crippen molar-refractivity contribution in [3.05, 3.63) is 82.1 Å². The number of nitrogens with zero attached hydrogens (tertiary/aromatic N) is 3. The van der Waals surface area contributed by atoms with Gasteiger partial charge < -0.3 is 9.15 Å². The molecule has 31 heavy (non-hydrogen) atoms. The molecule has 158 valence electrons. The van der Waals surface area contributed by atoms with Gasteiger partial charge >= 0.3 is 0 Å². The highest BCUT2D eigenvalue weighted by Gasteiger charge is 2.17. The normalized spacial score (nSPS) is 11.3. The molecule has 0 spiro atoms. The lowest BCUT2D eigenvalue weighted by molar-refractivity contribution is 0.108. The lowest BCUT2D eigenvalue weighted by Crippen LogP contribution is -2.02. The van der Waals surface area contributed by atoms with Gasteiger partial charge in [-0.1, -0.05) is 30.0 Å². The van der Waals surface area contributed by atoms with Crippen LogP contribution in [0.25, 0.3) is 5.57 Å². The van der Waals surface area contributed by atoms with Gasteiger partial charge in [-0.15, -0.1) is 10.2 Å². The van der Waals surface area contributed by atoms with Crippen molar-refractivity contribution in [3.8, 4) is 11.8 Å². The van der Waals surface area contributed by atoms with Gasteiger partial charge in [0.15, 0.2) is 0 Å². The highest BCUT2D eigenvalue weighted by atomic mass is 32.2. The number of thioether (sulfide) groups is 1. The van der Waals surface area contributed by atoms with Gasteiger partial charge in [-0.3, -0.25) is 4.79 Å². The molecular weight excluding hydrogens is 410 g/mol. The van der Waals surface area contributed by atoms with Crippen LogP contribution < -0.4 is 4.74 Å². The minimum absolute atomic E-state index is 0.0534. The van der Waals surface area contributed by atoms with Gasteiger partial charge in [0.1, 0.15) is 5.75 Å². The minimum Gasteiger partial charge on any atom is -0.496 e. The Kier molecular flexibility index (Phi) is 7.27. The zero-order chi connectivity index (χ0) is 22.4. The molecule has 0 amide bonds. The van der Waals surface area contributed by atoms with Crippen LogP contribution in [0, 0.1) is 25.2 Å². The second-order valence-corrected chi connectivity index (χ2v) is 7.71. The predicted molar refractivity (Wildman–Crippen MR) is 121 cm³/mol. The lowest BCUT2D eigenvalue weighted by Gasteiger charge is -2.15. The van der Waals surface area contributed by atoms with Gasteiger partial charge in [-0.05, 0) is 66.1 Å². The van der Waals surface area contributed by atoms with Gasteiger partial charge in [0.25, 0.3) is 0 Å².